The number of hydrogen-bond acceptors (Lipinski definition) is 6. The molecule has 3 saturated heterocycles. The first kappa shape index (κ1) is 24.2. The van der Waals surface area contributed by atoms with Gasteiger partial charge in [-0.1, -0.05) is 73.0 Å². The Morgan fingerprint density at radius 3 is 2.41 bits per heavy atom. The molecule has 4 heterocycles. The number of anilines is 1. The van der Waals surface area contributed by atoms with Gasteiger partial charge in [0.05, 0.1) is 13.1 Å². The SMILES string of the molecule is O=C(O[C@H]1C[N+]2(Cc3noc(C4CCCCC4)n3)CCC1CC2)[C@H](Nc1ccccc1)c1ccccc1. The number of aromatic nitrogens is 2. The summed E-state index contributed by atoms with van der Waals surface area (Å²) < 4.78 is 12.9. The highest BCUT2D eigenvalue weighted by Crippen LogP contribution is 2.38. The minimum Gasteiger partial charge on any atom is -0.454 e. The molecular formula is C30H37N4O3+. The number of rotatable bonds is 8. The minimum absolute atomic E-state index is 0.0940. The first-order chi connectivity index (χ1) is 18.2. The summed E-state index contributed by atoms with van der Waals surface area (Å²) in [6, 6.07) is 19.2. The maximum atomic E-state index is 13.6. The van der Waals surface area contributed by atoms with Gasteiger partial charge in [0.25, 0.3) is 0 Å². The fraction of sp³-hybridized carbons (Fsp3) is 0.500. The van der Waals surface area contributed by atoms with Crippen molar-refractivity contribution in [1.29, 1.82) is 0 Å². The number of hydrogen-bond donors (Lipinski definition) is 1. The number of carbonyl (C=O) groups excluding carboxylic acids is 1. The number of benzene rings is 2. The van der Waals surface area contributed by atoms with Crippen LogP contribution >= 0.6 is 0 Å². The monoisotopic (exact) mass is 501 g/mol. The van der Waals surface area contributed by atoms with Crippen molar-refractivity contribution in [2.75, 3.05) is 25.0 Å². The molecule has 1 aromatic heterocycles. The van der Waals surface area contributed by atoms with Crippen LogP contribution in [0.1, 0.15) is 74.2 Å². The number of nitrogens with zero attached hydrogens (tertiary/aromatic N) is 3. The van der Waals surface area contributed by atoms with Crippen LogP contribution in [-0.4, -0.2) is 46.3 Å². The molecule has 7 heteroatoms. The molecule has 194 valence electrons. The van der Waals surface area contributed by atoms with Gasteiger partial charge in [-0.2, -0.15) is 4.98 Å². The van der Waals surface area contributed by atoms with Crippen molar-refractivity contribution in [1.82, 2.24) is 10.1 Å². The topological polar surface area (TPSA) is 77.2 Å². The van der Waals surface area contributed by atoms with E-state index in [0.717, 1.165) is 79.3 Å². The summed E-state index contributed by atoms with van der Waals surface area (Å²) in [6.45, 7) is 3.73. The number of fused-ring (bicyclic) bond motifs is 3. The summed E-state index contributed by atoms with van der Waals surface area (Å²) in [5.41, 5.74) is 1.81. The van der Waals surface area contributed by atoms with Crippen LogP contribution in [0, 0.1) is 5.92 Å². The van der Waals surface area contributed by atoms with Crippen LogP contribution in [0.5, 0.6) is 0 Å². The number of nitrogens with one attached hydrogen (secondary N) is 1. The third-order valence-corrected chi connectivity index (χ3v) is 8.68. The van der Waals surface area contributed by atoms with Crippen molar-refractivity contribution >= 4 is 11.7 Å². The molecule has 0 spiro atoms. The van der Waals surface area contributed by atoms with Gasteiger partial charge in [0.15, 0.2) is 12.1 Å². The van der Waals surface area contributed by atoms with E-state index in [1.165, 1.54) is 19.3 Å². The average Bonchev–Trinajstić information content (AvgIpc) is 3.41. The van der Waals surface area contributed by atoms with Crippen molar-refractivity contribution in [3.63, 3.8) is 0 Å². The smallest absolute Gasteiger partial charge is 0.333 e. The van der Waals surface area contributed by atoms with Gasteiger partial charge in [-0.3, -0.25) is 0 Å². The van der Waals surface area contributed by atoms with Crippen molar-refractivity contribution in [2.24, 2.45) is 5.92 Å². The molecule has 37 heavy (non-hydrogen) atoms. The molecule has 3 aromatic rings. The van der Waals surface area contributed by atoms with Crippen LogP contribution in [0.15, 0.2) is 65.2 Å². The Morgan fingerprint density at radius 2 is 1.68 bits per heavy atom. The normalized spacial score (nSPS) is 26.5. The Bertz CT molecular complexity index is 1170. The molecule has 0 radical (unpaired) electrons. The molecule has 4 aliphatic rings. The van der Waals surface area contributed by atoms with E-state index in [1.54, 1.807) is 0 Å². The van der Waals surface area contributed by atoms with E-state index in [-0.39, 0.29) is 12.1 Å². The number of quaternary nitrogens is 1. The third kappa shape index (κ3) is 5.42. The fourth-order valence-electron chi connectivity index (χ4n) is 6.57. The Balaban J connectivity index is 1.15. The molecule has 2 aromatic carbocycles. The summed E-state index contributed by atoms with van der Waals surface area (Å²) in [6.07, 6.45) is 8.15. The van der Waals surface area contributed by atoms with Crippen LogP contribution in [0.2, 0.25) is 0 Å². The second-order valence-electron chi connectivity index (χ2n) is 11.2. The van der Waals surface area contributed by atoms with Gasteiger partial charge in [0, 0.05) is 30.4 Å². The van der Waals surface area contributed by atoms with E-state index in [0.29, 0.717) is 11.8 Å². The van der Waals surface area contributed by atoms with E-state index >= 15 is 0 Å². The lowest BCUT2D eigenvalue weighted by molar-refractivity contribution is -0.958. The van der Waals surface area contributed by atoms with E-state index in [9.17, 15) is 4.79 Å². The zero-order valence-electron chi connectivity index (χ0n) is 21.4. The molecule has 1 aliphatic carbocycles. The number of para-hydroxylation sites is 1. The number of esters is 1. The zero-order chi connectivity index (χ0) is 25.1. The third-order valence-electron chi connectivity index (χ3n) is 8.68. The predicted molar refractivity (Wildman–Crippen MR) is 141 cm³/mol. The van der Waals surface area contributed by atoms with Gasteiger partial charge in [-0.05, 0) is 30.5 Å². The average molecular weight is 502 g/mol. The summed E-state index contributed by atoms with van der Waals surface area (Å²) in [5.74, 6) is 2.24. The van der Waals surface area contributed by atoms with E-state index in [2.05, 4.69) is 10.5 Å². The maximum Gasteiger partial charge on any atom is 0.333 e. The van der Waals surface area contributed by atoms with Crippen molar-refractivity contribution in [2.45, 2.75) is 69.6 Å². The quantitative estimate of drug-likeness (QED) is 0.319. The van der Waals surface area contributed by atoms with Crippen molar-refractivity contribution < 1.29 is 18.5 Å². The van der Waals surface area contributed by atoms with Crippen molar-refractivity contribution in [3.05, 3.63) is 77.9 Å². The summed E-state index contributed by atoms with van der Waals surface area (Å²) in [5, 5.41) is 7.78. The highest BCUT2D eigenvalue weighted by molar-refractivity contribution is 5.81. The maximum absolute atomic E-state index is 13.6. The first-order valence-corrected chi connectivity index (χ1v) is 13.9. The molecule has 7 nitrogen and oxygen atoms in total. The lowest BCUT2D eigenvalue weighted by atomic mass is 9.83. The first-order valence-electron chi connectivity index (χ1n) is 13.9. The largest absolute Gasteiger partial charge is 0.454 e. The van der Waals surface area contributed by atoms with Crippen LogP contribution < -0.4 is 5.32 Å². The Morgan fingerprint density at radius 1 is 0.973 bits per heavy atom. The van der Waals surface area contributed by atoms with Crippen LogP contribution in [0.4, 0.5) is 5.69 Å². The molecule has 3 aliphatic heterocycles. The van der Waals surface area contributed by atoms with Crippen LogP contribution in [0.25, 0.3) is 0 Å². The zero-order valence-corrected chi connectivity index (χ0v) is 21.4. The number of carbonyl (C=O) groups is 1. The van der Waals surface area contributed by atoms with Gasteiger partial charge in [-0.15, -0.1) is 0 Å². The molecule has 2 bridgehead atoms. The van der Waals surface area contributed by atoms with Crippen LogP contribution in [0.3, 0.4) is 0 Å². The van der Waals surface area contributed by atoms with Gasteiger partial charge in [-0.25, -0.2) is 4.79 Å². The summed E-state index contributed by atoms with van der Waals surface area (Å²) >= 11 is 0. The van der Waals surface area contributed by atoms with Gasteiger partial charge >= 0.3 is 5.97 Å². The molecule has 1 saturated carbocycles. The molecule has 0 unspecified atom stereocenters. The summed E-state index contributed by atoms with van der Waals surface area (Å²) in [4.78, 5) is 18.4. The second-order valence-corrected chi connectivity index (χ2v) is 11.2. The number of ether oxygens (including phenoxy) is 1. The molecular weight excluding hydrogens is 464 g/mol. The second kappa shape index (κ2) is 10.7. The van der Waals surface area contributed by atoms with Crippen LogP contribution in [-0.2, 0) is 16.1 Å². The molecule has 7 rings (SSSR count). The molecule has 0 amide bonds. The lowest BCUT2D eigenvalue weighted by Gasteiger charge is -2.51. The van der Waals surface area contributed by atoms with Gasteiger partial charge in [0.2, 0.25) is 11.7 Å². The van der Waals surface area contributed by atoms with Gasteiger partial charge in [0.1, 0.15) is 13.1 Å². The van der Waals surface area contributed by atoms with E-state index in [1.807, 2.05) is 60.7 Å². The predicted octanol–water partition coefficient (Wildman–Crippen LogP) is 5.62. The Labute approximate surface area is 218 Å². The van der Waals surface area contributed by atoms with E-state index < -0.39 is 6.04 Å². The lowest BCUT2D eigenvalue weighted by Crippen LogP contribution is -2.64. The number of piperidine rings is 3. The highest BCUT2D eigenvalue weighted by atomic mass is 16.5. The molecule has 2 atom stereocenters. The van der Waals surface area contributed by atoms with E-state index in [4.69, 9.17) is 14.2 Å². The molecule has 1 N–H and O–H groups in total. The van der Waals surface area contributed by atoms with Gasteiger partial charge < -0.3 is 19.1 Å². The summed E-state index contributed by atoms with van der Waals surface area (Å²) in [7, 11) is 0. The Hall–Kier alpha value is -3.19. The Kier molecular flexibility index (Phi) is 6.96. The highest BCUT2D eigenvalue weighted by Gasteiger charge is 2.48. The fourth-order valence-corrected chi connectivity index (χ4v) is 6.57. The minimum atomic E-state index is -0.553. The van der Waals surface area contributed by atoms with Crippen molar-refractivity contribution in [3.8, 4) is 0 Å². The standard InChI is InChI=1S/C30H37N4O3/c35-30(28(23-10-4-1-5-11-23)31-25-14-8-3-9-15-25)36-26-20-34(18-16-22(26)17-19-34)21-27-32-29(37-33-27)24-12-6-2-7-13-24/h1,3-5,8-11,14-15,22,24,26,28,31H,2,6-7,12-13,16-21H2/q+1/t22?,26-,28+,34?/m0/s1. The molecule has 4 fully saturated rings.